The minimum absolute atomic E-state index is 0.0274. The standard InChI is InChI=1S/C23H32N6O4S/c1-32-20-5-3-2-4-18(20)25-23-26-19(17-34-23)22(31)29-10-8-28(9-11-29)16-21(30)24-6-7-27-12-14-33-15-13-27/h2-5,17H,6-16H2,1H3,(H,24,30)(H,25,26). The van der Waals surface area contributed by atoms with Gasteiger partial charge in [-0.1, -0.05) is 12.1 Å². The third-order valence-electron chi connectivity index (χ3n) is 5.95. The lowest BCUT2D eigenvalue weighted by atomic mass is 10.3. The molecule has 2 amide bonds. The maximum absolute atomic E-state index is 12.9. The zero-order chi connectivity index (χ0) is 23.8. The lowest BCUT2D eigenvalue weighted by molar-refractivity contribution is -0.122. The first kappa shape index (κ1) is 24.4. The van der Waals surface area contributed by atoms with Crippen LogP contribution < -0.4 is 15.4 Å². The Hall–Kier alpha value is -2.73. The third kappa shape index (κ3) is 6.66. The summed E-state index contributed by atoms with van der Waals surface area (Å²) in [4.78, 5) is 35.9. The Labute approximate surface area is 203 Å². The molecule has 0 unspecified atom stereocenters. The molecule has 2 aromatic rings. The summed E-state index contributed by atoms with van der Waals surface area (Å²) in [6.45, 7) is 7.69. The van der Waals surface area contributed by atoms with Crippen LogP contribution in [0.1, 0.15) is 10.5 Å². The Morgan fingerprint density at radius 1 is 1.09 bits per heavy atom. The maximum Gasteiger partial charge on any atom is 0.273 e. The van der Waals surface area contributed by atoms with E-state index in [2.05, 4.69) is 25.4 Å². The van der Waals surface area contributed by atoms with Gasteiger partial charge in [-0.15, -0.1) is 11.3 Å². The van der Waals surface area contributed by atoms with E-state index < -0.39 is 0 Å². The van der Waals surface area contributed by atoms with Crippen molar-refractivity contribution in [2.75, 3.05) is 84.5 Å². The van der Waals surface area contributed by atoms with Crippen molar-refractivity contribution in [2.45, 2.75) is 0 Å². The van der Waals surface area contributed by atoms with E-state index in [1.54, 1.807) is 17.4 Å². The Balaban J connectivity index is 1.19. The molecule has 1 aromatic carbocycles. The van der Waals surface area contributed by atoms with Crippen LogP contribution in [0.15, 0.2) is 29.6 Å². The number of nitrogens with zero attached hydrogens (tertiary/aromatic N) is 4. The number of piperazine rings is 1. The van der Waals surface area contributed by atoms with Crippen LogP contribution in [-0.2, 0) is 9.53 Å². The molecular formula is C23H32N6O4S. The Morgan fingerprint density at radius 2 is 1.85 bits per heavy atom. The number of hydrogen-bond donors (Lipinski definition) is 2. The molecule has 10 nitrogen and oxygen atoms in total. The van der Waals surface area contributed by atoms with E-state index in [0.29, 0.717) is 55.8 Å². The number of amides is 2. The van der Waals surface area contributed by atoms with Gasteiger partial charge in [-0.25, -0.2) is 4.98 Å². The molecule has 3 heterocycles. The zero-order valence-corrected chi connectivity index (χ0v) is 20.3. The van der Waals surface area contributed by atoms with E-state index in [4.69, 9.17) is 9.47 Å². The Morgan fingerprint density at radius 3 is 2.62 bits per heavy atom. The highest BCUT2D eigenvalue weighted by Gasteiger charge is 2.25. The van der Waals surface area contributed by atoms with Crippen molar-refractivity contribution < 1.29 is 19.1 Å². The van der Waals surface area contributed by atoms with E-state index in [1.807, 2.05) is 24.3 Å². The van der Waals surface area contributed by atoms with Crippen LogP contribution in [0.3, 0.4) is 0 Å². The second kappa shape index (κ2) is 12.1. The number of benzene rings is 1. The molecule has 2 aliphatic rings. The van der Waals surface area contributed by atoms with Gasteiger partial charge in [-0.3, -0.25) is 19.4 Å². The summed E-state index contributed by atoms with van der Waals surface area (Å²) in [5.41, 5.74) is 1.23. The molecule has 0 atom stereocenters. The fraction of sp³-hybridized carbons (Fsp3) is 0.522. The molecule has 0 radical (unpaired) electrons. The minimum atomic E-state index is -0.0843. The van der Waals surface area contributed by atoms with Gasteiger partial charge >= 0.3 is 0 Å². The second-order valence-corrected chi connectivity index (χ2v) is 9.09. The van der Waals surface area contributed by atoms with E-state index >= 15 is 0 Å². The van der Waals surface area contributed by atoms with Gasteiger partial charge in [-0.2, -0.15) is 0 Å². The van der Waals surface area contributed by atoms with Gasteiger partial charge in [0, 0.05) is 57.7 Å². The second-order valence-electron chi connectivity index (χ2n) is 8.24. The average Bonchev–Trinajstić information content (AvgIpc) is 3.33. The number of rotatable bonds is 9. The van der Waals surface area contributed by atoms with E-state index in [-0.39, 0.29) is 11.8 Å². The molecule has 2 fully saturated rings. The fourth-order valence-corrected chi connectivity index (χ4v) is 4.70. The number of methoxy groups -OCH3 is 1. The first-order valence-electron chi connectivity index (χ1n) is 11.6. The molecular weight excluding hydrogens is 456 g/mol. The van der Waals surface area contributed by atoms with Crippen molar-refractivity contribution in [3.63, 3.8) is 0 Å². The van der Waals surface area contributed by atoms with Crippen LogP contribution in [0.2, 0.25) is 0 Å². The lowest BCUT2D eigenvalue weighted by Gasteiger charge is -2.34. The monoisotopic (exact) mass is 488 g/mol. The summed E-state index contributed by atoms with van der Waals surface area (Å²) in [6.07, 6.45) is 0. The van der Waals surface area contributed by atoms with Crippen LogP contribution in [0, 0.1) is 0 Å². The van der Waals surface area contributed by atoms with Gasteiger partial charge in [-0.05, 0) is 12.1 Å². The number of thiazole rings is 1. The number of hydrogen-bond acceptors (Lipinski definition) is 9. The van der Waals surface area contributed by atoms with Crippen LogP contribution in [-0.4, -0.2) is 111 Å². The molecule has 0 saturated carbocycles. The van der Waals surface area contributed by atoms with Crippen molar-refractivity contribution in [3.8, 4) is 5.75 Å². The minimum Gasteiger partial charge on any atom is -0.495 e. The summed E-state index contributed by atoms with van der Waals surface area (Å²) in [5, 5.41) is 8.63. The van der Waals surface area contributed by atoms with Gasteiger partial charge in [0.2, 0.25) is 5.91 Å². The highest BCUT2D eigenvalue weighted by molar-refractivity contribution is 7.14. The number of carbonyl (C=O) groups is 2. The number of morpholine rings is 1. The summed E-state index contributed by atoms with van der Waals surface area (Å²) in [5.74, 6) is 0.658. The quantitative estimate of drug-likeness (QED) is 0.542. The molecule has 34 heavy (non-hydrogen) atoms. The lowest BCUT2D eigenvalue weighted by Crippen LogP contribution is -2.51. The van der Waals surface area contributed by atoms with Crippen molar-refractivity contribution in [2.24, 2.45) is 0 Å². The number of aromatic nitrogens is 1. The Bertz CT molecular complexity index is 956. The van der Waals surface area contributed by atoms with E-state index in [0.717, 1.165) is 38.5 Å². The molecule has 0 spiro atoms. The van der Waals surface area contributed by atoms with Crippen LogP contribution in [0.5, 0.6) is 5.75 Å². The molecule has 2 aliphatic heterocycles. The summed E-state index contributed by atoms with van der Waals surface area (Å²) < 4.78 is 10.7. The number of anilines is 2. The number of nitrogens with one attached hydrogen (secondary N) is 2. The van der Waals surface area contributed by atoms with Crippen molar-refractivity contribution >= 4 is 34.0 Å². The van der Waals surface area contributed by atoms with Gasteiger partial charge in [0.25, 0.3) is 5.91 Å². The summed E-state index contributed by atoms with van der Waals surface area (Å²) >= 11 is 1.38. The van der Waals surface area contributed by atoms with Crippen molar-refractivity contribution in [1.82, 2.24) is 25.0 Å². The Kier molecular flexibility index (Phi) is 8.69. The smallest absolute Gasteiger partial charge is 0.273 e. The van der Waals surface area contributed by atoms with Crippen LogP contribution in [0.4, 0.5) is 10.8 Å². The summed E-state index contributed by atoms with van der Waals surface area (Å²) in [6, 6.07) is 7.58. The maximum atomic E-state index is 12.9. The predicted octanol–water partition coefficient (Wildman–Crippen LogP) is 1.10. The number of carbonyl (C=O) groups excluding carboxylic acids is 2. The SMILES string of the molecule is COc1ccccc1Nc1nc(C(=O)N2CCN(CC(=O)NCCN3CCOCC3)CC2)cs1. The van der Waals surface area contributed by atoms with Gasteiger partial charge in [0.15, 0.2) is 5.13 Å². The highest BCUT2D eigenvalue weighted by atomic mass is 32.1. The fourth-order valence-electron chi connectivity index (χ4n) is 4.00. The first-order valence-corrected chi connectivity index (χ1v) is 12.4. The average molecular weight is 489 g/mol. The molecule has 2 N–H and O–H groups in total. The normalized spacial score (nSPS) is 17.4. The zero-order valence-electron chi connectivity index (χ0n) is 19.5. The first-order chi connectivity index (χ1) is 16.6. The number of ether oxygens (including phenoxy) is 2. The summed E-state index contributed by atoms with van der Waals surface area (Å²) in [7, 11) is 1.62. The van der Waals surface area contributed by atoms with Crippen LogP contribution in [0.25, 0.3) is 0 Å². The predicted molar refractivity (Wildman–Crippen MR) is 131 cm³/mol. The molecule has 1 aromatic heterocycles. The molecule has 4 rings (SSSR count). The third-order valence-corrected chi connectivity index (χ3v) is 6.71. The van der Waals surface area contributed by atoms with Crippen molar-refractivity contribution in [1.29, 1.82) is 0 Å². The van der Waals surface area contributed by atoms with E-state index in [9.17, 15) is 9.59 Å². The van der Waals surface area contributed by atoms with Crippen molar-refractivity contribution in [3.05, 3.63) is 35.3 Å². The molecule has 0 aliphatic carbocycles. The molecule has 0 bridgehead atoms. The van der Waals surface area contributed by atoms with E-state index in [1.165, 1.54) is 11.3 Å². The highest BCUT2D eigenvalue weighted by Crippen LogP contribution is 2.28. The van der Waals surface area contributed by atoms with Gasteiger partial charge in [0.05, 0.1) is 32.6 Å². The molecule has 11 heteroatoms. The molecule has 184 valence electrons. The molecule has 2 saturated heterocycles. The number of para-hydroxylation sites is 2. The van der Waals surface area contributed by atoms with Crippen LogP contribution >= 0.6 is 11.3 Å². The largest absolute Gasteiger partial charge is 0.495 e. The van der Waals surface area contributed by atoms with Gasteiger partial charge in [0.1, 0.15) is 11.4 Å². The topological polar surface area (TPSA) is 99.3 Å². The van der Waals surface area contributed by atoms with Gasteiger partial charge < -0.3 is 25.0 Å².